The SMILES string of the molecule is CC(=O)C12c3ccccc3C(c3ccccc31)[C@H]1C(=O)N(c3cc(Cl)ccc3C)C(=O)[C@H]12. The molecule has 2 bridgehead atoms. The number of hydrogen-bond donors (Lipinski definition) is 0. The van der Waals surface area contributed by atoms with Crippen LogP contribution in [0.25, 0.3) is 0 Å². The number of amides is 2. The molecule has 1 fully saturated rings. The molecule has 0 spiro atoms. The molecule has 3 aliphatic carbocycles. The predicted molar refractivity (Wildman–Crippen MR) is 122 cm³/mol. The first-order valence-electron chi connectivity index (χ1n) is 10.7. The Morgan fingerprint density at radius 2 is 1.50 bits per heavy atom. The van der Waals surface area contributed by atoms with Crippen LogP contribution >= 0.6 is 11.6 Å². The first kappa shape index (κ1) is 19.4. The summed E-state index contributed by atoms with van der Waals surface area (Å²) in [6, 6.07) is 20.8. The number of rotatable bonds is 2. The van der Waals surface area contributed by atoms with Gasteiger partial charge in [0.2, 0.25) is 11.8 Å². The summed E-state index contributed by atoms with van der Waals surface area (Å²) in [4.78, 5) is 42.8. The fourth-order valence-electron chi connectivity index (χ4n) is 6.43. The molecule has 4 nitrogen and oxygen atoms in total. The van der Waals surface area contributed by atoms with Crippen LogP contribution in [0.4, 0.5) is 5.69 Å². The lowest BCUT2D eigenvalue weighted by atomic mass is 9.46. The molecular weight excluding hydrogens is 422 g/mol. The van der Waals surface area contributed by atoms with Crippen molar-refractivity contribution in [1.82, 2.24) is 0 Å². The van der Waals surface area contributed by atoms with Gasteiger partial charge in [0.15, 0.2) is 0 Å². The number of carbonyl (C=O) groups excluding carboxylic acids is 3. The van der Waals surface area contributed by atoms with E-state index in [1.807, 2.05) is 55.5 Å². The fraction of sp³-hybridized carbons (Fsp3) is 0.222. The molecule has 2 amide bonds. The molecule has 0 N–H and O–H groups in total. The molecule has 0 aromatic heterocycles. The van der Waals surface area contributed by atoms with Gasteiger partial charge in [-0.15, -0.1) is 0 Å². The average molecular weight is 442 g/mol. The second kappa shape index (κ2) is 6.39. The van der Waals surface area contributed by atoms with Gasteiger partial charge in [-0.2, -0.15) is 0 Å². The average Bonchev–Trinajstić information content (AvgIpc) is 3.06. The Balaban J connectivity index is 1.68. The molecule has 7 rings (SSSR count). The molecule has 0 saturated carbocycles. The first-order valence-corrected chi connectivity index (χ1v) is 11.1. The Morgan fingerprint density at radius 1 is 0.906 bits per heavy atom. The number of nitrogens with zero attached hydrogens (tertiary/aromatic N) is 1. The van der Waals surface area contributed by atoms with Crippen molar-refractivity contribution in [3.8, 4) is 0 Å². The normalized spacial score (nSPS) is 27.2. The maximum Gasteiger partial charge on any atom is 0.239 e. The van der Waals surface area contributed by atoms with E-state index >= 15 is 0 Å². The molecule has 1 saturated heterocycles. The highest BCUT2D eigenvalue weighted by atomic mass is 35.5. The van der Waals surface area contributed by atoms with Crippen molar-refractivity contribution in [1.29, 1.82) is 0 Å². The van der Waals surface area contributed by atoms with Crippen molar-refractivity contribution < 1.29 is 14.4 Å². The topological polar surface area (TPSA) is 54.5 Å². The third-order valence-electron chi connectivity index (χ3n) is 7.59. The number of carbonyl (C=O) groups is 3. The summed E-state index contributed by atoms with van der Waals surface area (Å²) in [7, 11) is 0. The van der Waals surface area contributed by atoms with Crippen LogP contribution in [0, 0.1) is 18.8 Å². The highest BCUT2D eigenvalue weighted by Crippen LogP contribution is 2.64. The van der Waals surface area contributed by atoms with Crippen molar-refractivity contribution in [2.75, 3.05) is 4.90 Å². The van der Waals surface area contributed by atoms with Gasteiger partial charge in [-0.1, -0.05) is 66.2 Å². The van der Waals surface area contributed by atoms with Gasteiger partial charge in [0.05, 0.1) is 22.9 Å². The number of imide groups is 1. The number of Topliss-reactive ketones (excluding diaryl/α,β-unsaturated/α-hetero) is 1. The maximum absolute atomic E-state index is 14.0. The Morgan fingerprint density at radius 3 is 2.09 bits per heavy atom. The summed E-state index contributed by atoms with van der Waals surface area (Å²) >= 11 is 6.23. The molecular formula is C27H20ClNO3. The van der Waals surface area contributed by atoms with Gasteiger partial charge in [-0.05, 0) is 53.8 Å². The minimum atomic E-state index is -1.18. The van der Waals surface area contributed by atoms with E-state index in [0.29, 0.717) is 10.7 Å². The van der Waals surface area contributed by atoms with Crippen LogP contribution in [-0.2, 0) is 19.8 Å². The van der Waals surface area contributed by atoms with Gasteiger partial charge >= 0.3 is 0 Å². The van der Waals surface area contributed by atoms with Crippen LogP contribution in [0.15, 0.2) is 66.7 Å². The van der Waals surface area contributed by atoms with Crippen LogP contribution in [0.2, 0.25) is 5.02 Å². The van der Waals surface area contributed by atoms with E-state index in [-0.39, 0.29) is 23.5 Å². The highest BCUT2D eigenvalue weighted by molar-refractivity contribution is 6.32. The Hall–Kier alpha value is -3.24. The third kappa shape index (κ3) is 2.11. The number of anilines is 1. The predicted octanol–water partition coefficient (Wildman–Crippen LogP) is 4.79. The highest BCUT2D eigenvalue weighted by Gasteiger charge is 2.70. The first-order chi connectivity index (χ1) is 15.4. The van der Waals surface area contributed by atoms with Gasteiger partial charge in [-0.3, -0.25) is 14.4 Å². The van der Waals surface area contributed by atoms with E-state index in [2.05, 4.69) is 0 Å². The zero-order valence-electron chi connectivity index (χ0n) is 17.6. The van der Waals surface area contributed by atoms with E-state index in [1.54, 1.807) is 25.1 Å². The van der Waals surface area contributed by atoms with Crippen molar-refractivity contribution in [3.63, 3.8) is 0 Å². The minimum Gasteiger partial charge on any atom is -0.299 e. The Bertz CT molecular complexity index is 1310. The summed E-state index contributed by atoms with van der Waals surface area (Å²) < 4.78 is 0. The maximum atomic E-state index is 14.0. The van der Waals surface area contributed by atoms with Crippen LogP contribution in [0.5, 0.6) is 0 Å². The minimum absolute atomic E-state index is 0.114. The van der Waals surface area contributed by atoms with Crippen molar-refractivity contribution >= 4 is 34.9 Å². The second-order valence-electron chi connectivity index (χ2n) is 8.96. The quantitative estimate of drug-likeness (QED) is 0.537. The largest absolute Gasteiger partial charge is 0.299 e. The molecule has 5 heteroatoms. The van der Waals surface area contributed by atoms with Gasteiger partial charge in [0.25, 0.3) is 0 Å². The van der Waals surface area contributed by atoms with Gasteiger partial charge < -0.3 is 0 Å². The summed E-state index contributed by atoms with van der Waals surface area (Å²) in [5, 5.41) is 0.455. The standard InChI is InChI=1S/C27H20ClNO3/c1-14-11-12-16(28)13-21(14)29-25(31)23-22-17-7-3-5-9-19(17)27(15(2)30,24(23)26(29)32)20-10-6-4-8-18(20)22/h3-13,22-24H,1-2H3/t22?,23-,24+,27?/m1/s1. The van der Waals surface area contributed by atoms with E-state index < -0.39 is 17.3 Å². The zero-order valence-corrected chi connectivity index (χ0v) is 18.4. The van der Waals surface area contributed by atoms with E-state index in [4.69, 9.17) is 11.6 Å². The zero-order chi connectivity index (χ0) is 22.4. The van der Waals surface area contributed by atoms with Crippen molar-refractivity contribution in [3.05, 3.63) is 99.6 Å². The molecule has 1 heterocycles. The molecule has 0 radical (unpaired) electrons. The van der Waals surface area contributed by atoms with Crippen LogP contribution in [0.1, 0.15) is 40.7 Å². The molecule has 3 aromatic rings. The Kier molecular flexibility index (Phi) is 3.89. The molecule has 158 valence electrons. The van der Waals surface area contributed by atoms with Crippen molar-refractivity contribution in [2.24, 2.45) is 11.8 Å². The lowest BCUT2D eigenvalue weighted by Crippen LogP contribution is -2.57. The van der Waals surface area contributed by atoms with Gasteiger partial charge in [0, 0.05) is 10.9 Å². The number of ketones is 1. The van der Waals surface area contributed by atoms with Gasteiger partial charge in [-0.25, -0.2) is 4.90 Å². The lowest BCUT2D eigenvalue weighted by molar-refractivity contribution is -0.132. The van der Waals surface area contributed by atoms with Gasteiger partial charge in [0.1, 0.15) is 5.78 Å². The number of aryl methyl sites for hydroxylation is 1. The van der Waals surface area contributed by atoms with Crippen LogP contribution in [0.3, 0.4) is 0 Å². The third-order valence-corrected chi connectivity index (χ3v) is 7.82. The van der Waals surface area contributed by atoms with Crippen molar-refractivity contribution in [2.45, 2.75) is 25.2 Å². The van der Waals surface area contributed by atoms with Crippen LogP contribution in [-0.4, -0.2) is 17.6 Å². The lowest BCUT2D eigenvalue weighted by Gasteiger charge is -2.52. The summed E-state index contributed by atoms with van der Waals surface area (Å²) in [6.45, 7) is 3.40. The van der Waals surface area contributed by atoms with E-state index in [1.165, 1.54) is 4.90 Å². The van der Waals surface area contributed by atoms with Crippen LogP contribution < -0.4 is 4.90 Å². The smallest absolute Gasteiger partial charge is 0.239 e. The van der Waals surface area contributed by atoms with E-state index in [0.717, 1.165) is 27.8 Å². The second-order valence-corrected chi connectivity index (χ2v) is 9.40. The number of benzene rings is 3. The fourth-order valence-corrected chi connectivity index (χ4v) is 6.60. The molecule has 2 atom stereocenters. The molecule has 3 aromatic carbocycles. The monoisotopic (exact) mass is 441 g/mol. The number of hydrogen-bond acceptors (Lipinski definition) is 3. The molecule has 4 aliphatic rings. The summed E-state index contributed by atoms with van der Waals surface area (Å²) in [5.74, 6) is -2.37. The van der Waals surface area contributed by atoms with E-state index in [9.17, 15) is 14.4 Å². The number of halogens is 1. The molecule has 1 aliphatic heterocycles. The Labute approximate surface area is 190 Å². The summed E-state index contributed by atoms with van der Waals surface area (Å²) in [5.41, 5.74) is 3.73. The molecule has 32 heavy (non-hydrogen) atoms. The summed E-state index contributed by atoms with van der Waals surface area (Å²) in [6.07, 6.45) is 0. The molecule has 0 unspecified atom stereocenters.